The van der Waals surface area contributed by atoms with Gasteiger partial charge in [0.1, 0.15) is 5.82 Å². The molecule has 0 aromatic heterocycles. The van der Waals surface area contributed by atoms with E-state index in [4.69, 9.17) is 28.9 Å². The molecule has 0 saturated carbocycles. The summed E-state index contributed by atoms with van der Waals surface area (Å²) in [4.78, 5) is 0. The monoisotopic (exact) mass is 269 g/mol. The zero-order valence-corrected chi connectivity index (χ0v) is 10.3. The van der Waals surface area contributed by atoms with Gasteiger partial charge in [-0.1, -0.05) is 41.4 Å². The lowest BCUT2D eigenvalue weighted by Crippen LogP contribution is -2.14. The second kappa shape index (κ2) is 5.05. The summed E-state index contributed by atoms with van der Waals surface area (Å²) in [7, 11) is 0. The lowest BCUT2D eigenvalue weighted by atomic mass is 9.99. The Morgan fingerprint density at radius 1 is 1.00 bits per heavy atom. The molecule has 0 radical (unpaired) electrons. The van der Waals surface area contributed by atoms with Gasteiger partial charge in [-0.15, -0.1) is 0 Å². The van der Waals surface area contributed by atoms with Crippen molar-refractivity contribution < 1.29 is 4.39 Å². The minimum atomic E-state index is -0.623. The normalized spacial score (nSPS) is 12.5. The van der Waals surface area contributed by atoms with Crippen molar-refractivity contribution in [3.63, 3.8) is 0 Å². The molecule has 0 aliphatic carbocycles. The highest BCUT2D eigenvalue weighted by atomic mass is 35.5. The molecule has 88 valence electrons. The molecule has 1 atom stereocenters. The van der Waals surface area contributed by atoms with E-state index in [0.29, 0.717) is 21.2 Å². The number of halogens is 3. The molecule has 1 unspecified atom stereocenters. The van der Waals surface area contributed by atoms with Crippen LogP contribution >= 0.6 is 23.2 Å². The van der Waals surface area contributed by atoms with Gasteiger partial charge in [0.2, 0.25) is 0 Å². The van der Waals surface area contributed by atoms with Crippen molar-refractivity contribution in [3.05, 3.63) is 69.5 Å². The molecule has 2 aromatic carbocycles. The third-order valence-corrected chi connectivity index (χ3v) is 3.11. The molecule has 0 aliphatic heterocycles. The van der Waals surface area contributed by atoms with E-state index in [2.05, 4.69) is 0 Å². The van der Waals surface area contributed by atoms with Gasteiger partial charge < -0.3 is 5.73 Å². The van der Waals surface area contributed by atoms with E-state index in [1.165, 1.54) is 6.07 Å². The molecule has 0 heterocycles. The summed E-state index contributed by atoms with van der Waals surface area (Å²) in [5, 5.41) is 1.00. The van der Waals surface area contributed by atoms with E-state index in [0.717, 1.165) is 0 Å². The van der Waals surface area contributed by atoms with Crippen LogP contribution in [0.2, 0.25) is 10.0 Å². The maximum Gasteiger partial charge on any atom is 0.128 e. The van der Waals surface area contributed by atoms with Gasteiger partial charge in [-0.25, -0.2) is 4.39 Å². The lowest BCUT2D eigenvalue weighted by Gasteiger charge is -2.15. The first-order chi connectivity index (χ1) is 8.09. The van der Waals surface area contributed by atoms with E-state index in [9.17, 15) is 4.39 Å². The van der Waals surface area contributed by atoms with Crippen molar-refractivity contribution in [2.75, 3.05) is 0 Å². The van der Waals surface area contributed by atoms with Crippen LogP contribution in [0.3, 0.4) is 0 Å². The van der Waals surface area contributed by atoms with Crippen LogP contribution in [-0.4, -0.2) is 0 Å². The number of benzene rings is 2. The van der Waals surface area contributed by atoms with Gasteiger partial charge in [-0.05, 0) is 29.8 Å². The van der Waals surface area contributed by atoms with Gasteiger partial charge in [0.15, 0.2) is 0 Å². The second-order valence-corrected chi connectivity index (χ2v) is 4.51. The predicted molar refractivity (Wildman–Crippen MR) is 68.9 cm³/mol. The summed E-state index contributed by atoms with van der Waals surface area (Å²) in [5.74, 6) is -0.351. The van der Waals surface area contributed by atoms with Crippen LogP contribution in [0.1, 0.15) is 17.2 Å². The first-order valence-electron chi connectivity index (χ1n) is 5.04. The van der Waals surface area contributed by atoms with Gasteiger partial charge in [-0.3, -0.25) is 0 Å². The van der Waals surface area contributed by atoms with E-state index in [-0.39, 0.29) is 5.82 Å². The fraction of sp³-hybridized carbons (Fsp3) is 0.0769. The summed E-state index contributed by atoms with van der Waals surface area (Å²) in [6.45, 7) is 0. The Bertz CT molecular complexity index is 543. The molecular formula is C13H10Cl2FN. The maximum atomic E-state index is 13.6. The number of rotatable bonds is 2. The summed E-state index contributed by atoms with van der Waals surface area (Å²) in [6.07, 6.45) is 0. The zero-order chi connectivity index (χ0) is 12.4. The number of nitrogens with two attached hydrogens (primary N) is 1. The minimum Gasteiger partial charge on any atom is -0.320 e. The molecule has 0 bridgehead atoms. The van der Waals surface area contributed by atoms with Gasteiger partial charge in [-0.2, -0.15) is 0 Å². The molecular weight excluding hydrogens is 260 g/mol. The Morgan fingerprint density at radius 2 is 1.71 bits per heavy atom. The standard InChI is InChI=1S/C13H10Cl2FN/c14-8-5-6-11(15)10(7-8)13(17)9-3-1-2-4-12(9)16/h1-7,13H,17H2. The fourth-order valence-corrected chi connectivity index (χ4v) is 2.06. The summed E-state index contributed by atoms with van der Waals surface area (Å²) in [6, 6.07) is 10.7. The van der Waals surface area contributed by atoms with E-state index >= 15 is 0 Å². The van der Waals surface area contributed by atoms with Crippen molar-refractivity contribution in [2.45, 2.75) is 6.04 Å². The molecule has 1 nitrogen and oxygen atoms in total. The molecule has 2 rings (SSSR count). The van der Waals surface area contributed by atoms with Crippen LogP contribution < -0.4 is 5.73 Å². The summed E-state index contributed by atoms with van der Waals surface area (Å²) < 4.78 is 13.6. The Balaban J connectivity index is 2.47. The van der Waals surface area contributed by atoms with Gasteiger partial charge in [0, 0.05) is 15.6 Å². The first-order valence-corrected chi connectivity index (χ1v) is 5.80. The largest absolute Gasteiger partial charge is 0.320 e. The fourth-order valence-electron chi connectivity index (χ4n) is 1.65. The molecule has 17 heavy (non-hydrogen) atoms. The Labute approximate surface area is 109 Å². The van der Waals surface area contributed by atoms with Gasteiger partial charge >= 0.3 is 0 Å². The molecule has 2 N–H and O–H groups in total. The topological polar surface area (TPSA) is 26.0 Å². The molecule has 0 aliphatic rings. The third kappa shape index (κ3) is 2.60. The highest BCUT2D eigenvalue weighted by Crippen LogP contribution is 2.30. The smallest absolute Gasteiger partial charge is 0.128 e. The molecule has 4 heteroatoms. The van der Waals surface area contributed by atoms with Crippen molar-refractivity contribution in [1.29, 1.82) is 0 Å². The predicted octanol–water partition coefficient (Wildman–Crippen LogP) is 4.18. The van der Waals surface area contributed by atoms with E-state index in [1.54, 1.807) is 36.4 Å². The van der Waals surface area contributed by atoms with Crippen LogP contribution in [0.15, 0.2) is 42.5 Å². The summed E-state index contributed by atoms with van der Waals surface area (Å²) in [5.41, 5.74) is 7.02. The van der Waals surface area contributed by atoms with Gasteiger partial charge in [0.05, 0.1) is 6.04 Å². The highest BCUT2D eigenvalue weighted by molar-refractivity contribution is 6.33. The van der Waals surface area contributed by atoms with Crippen LogP contribution in [0.4, 0.5) is 4.39 Å². The minimum absolute atomic E-state index is 0.351. The van der Waals surface area contributed by atoms with Crippen LogP contribution in [0.5, 0.6) is 0 Å². The average molecular weight is 270 g/mol. The first kappa shape index (κ1) is 12.4. The number of hydrogen-bond donors (Lipinski definition) is 1. The third-order valence-electron chi connectivity index (χ3n) is 2.53. The molecule has 0 saturated heterocycles. The Kier molecular flexibility index (Phi) is 3.67. The van der Waals surface area contributed by atoms with E-state index < -0.39 is 6.04 Å². The van der Waals surface area contributed by atoms with Crippen molar-refractivity contribution >= 4 is 23.2 Å². The summed E-state index contributed by atoms with van der Waals surface area (Å²) >= 11 is 11.9. The Hall–Kier alpha value is -1.09. The quantitative estimate of drug-likeness (QED) is 0.870. The Morgan fingerprint density at radius 3 is 2.41 bits per heavy atom. The zero-order valence-electron chi connectivity index (χ0n) is 8.83. The lowest BCUT2D eigenvalue weighted by molar-refractivity contribution is 0.600. The highest BCUT2D eigenvalue weighted by Gasteiger charge is 2.16. The molecule has 0 fully saturated rings. The van der Waals surface area contributed by atoms with Crippen LogP contribution in [0.25, 0.3) is 0 Å². The van der Waals surface area contributed by atoms with Crippen LogP contribution in [0, 0.1) is 5.82 Å². The molecule has 0 amide bonds. The number of hydrogen-bond acceptors (Lipinski definition) is 1. The van der Waals surface area contributed by atoms with E-state index in [1.807, 2.05) is 0 Å². The molecule has 0 spiro atoms. The van der Waals surface area contributed by atoms with Crippen molar-refractivity contribution in [2.24, 2.45) is 5.73 Å². The van der Waals surface area contributed by atoms with Crippen molar-refractivity contribution in [1.82, 2.24) is 0 Å². The maximum absolute atomic E-state index is 13.6. The molecule has 2 aromatic rings. The average Bonchev–Trinajstić information content (AvgIpc) is 2.32. The van der Waals surface area contributed by atoms with Gasteiger partial charge in [0.25, 0.3) is 0 Å². The van der Waals surface area contributed by atoms with Crippen molar-refractivity contribution in [3.8, 4) is 0 Å². The SMILES string of the molecule is NC(c1ccccc1F)c1cc(Cl)ccc1Cl. The second-order valence-electron chi connectivity index (χ2n) is 3.67. The van der Waals surface area contributed by atoms with Crippen LogP contribution in [-0.2, 0) is 0 Å².